The van der Waals surface area contributed by atoms with Crippen molar-refractivity contribution >= 4 is 0 Å². The summed E-state index contributed by atoms with van der Waals surface area (Å²) in [7, 11) is 0. The predicted octanol–water partition coefficient (Wildman–Crippen LogP) is 9.32. The standard InChI is InChI=1S/C26H50/c1-3-5-7-9-11-14-23-18-20-25(21-19-23)26-17-13-16-24(22-26)15-12-10-8-6-4-2/h23-26H,3-22H2,1-2H3. The van der Waals surface area contributed by atoms with Crippen LogP contribution in [0.5, 0.6) is 0 Å². The summed E-state index contributed by atoms with van der Waals surface area (Å²) >= 11 is 0. The minimum Gasteiger partial charge on any atom is -0.0654 e. The van der Waals surface area contributed by atoms with Crippen molar-refractivity contribution in [3.05, 3.63) is 0 Å². The Morgan fingerprint density at radius 2 is 1.08 bits per heavy atom. The quantitative estimate of drug-likeness (QED) is 0.286. The molecule has 0 aromatic carbocycles. The summed E-state index contributed by atoms with van der Waals surface area (Å²) in [5, 5.41) is 0. The van der Waals surface area contributed by atoms with Crippen LogP contribution in [0, 0.1) is 23.7 Å². The molecule has 2 rings (SSSR count). The smallest absolute Gasteiger partial charge is 0.0383 e. The van der Waals surface area contributed by atoms with E-state index in [9.17, 15) is 0 Å². The van der Waals surface area contributed by atoms with E-state index in [-0.39, 0.29) is 0 Å². The van der Waals surface area contributed by atoms with E-state index in [2.05, 4.69) is 13.8 Å². The highest BCUT2D eigenvalue weighted by Crippen LogP contribution is 2.43. The zero-order valence-corrected chi connectivity index (χ0v) is 18.5. The molecule has 0 aromatic heterocycles. The maximum Gasteiger partial charge on any atom is -0.0383 e. The van der Waals surface area contributed by atoms with Gasteiger partial charge >= 0.3 is 0 Å². The van der Waals surface area contributed by atoms with E-state index >= 15 is 0 Å². The van der Waals surface area contributed by atoms with Crippen molar-refractivity contribution in [2.75, 3.05) is 0 Å². The maximum absolute atomic E-state index is 2.33. The van der Waals surface area contributed by atoms with E-state index < -0.39 is 0 Å². The van der Waals surface area contributed by atoms with Crippen LogP contribution in [0.2, 0.25) is 0 Å². The summed E-state index contributed by atoms with van der Waals surface area (Å²) in [5.74, 6) is 4.39. The summed E-state index contributed by atoms with van der Waals surface area (Å²) in [6, 6.07) is 0. The Hall–Kier alpha value is 0. The predicted molar refractivity (Wildman–Crippen MR) is 118 cm³/mol. The van der Waals surface area contributed by atoms with Gasteiger partial charge in [0, 0.05) is 0 Å². The van der Waals surface area contributed by atoms with Crippen molar-refractivity contribution in [1.29, 1.82) is 0 Å². The summed E-state index contributed by atoms with van der Waals surface area (Å²) < 4.78 is 0. The molecule has 0 nitrogen and oxygen atoms in total. The molecule has 0 radical (unpaired) electrons. The van der Waals surface area contributed by atoms with E-state index in [1.807, 2.05) is 0 Å². The SMILES string of the molecule is CCCCCCCC1CCC(C2CCCC(CCCCCCC)C2)CC1. The van der Waals surface area contributed by atoms with Crippen molar-refractivity contribution in [3.8, 4) is 0 Å². The van der Waals surface area contributed by atoms with Crippen molar-refractivity contribution in [2.45, 2.75) is 142 Å². The molecule has 2 saturated carbocycles. The van der Waals surface area contributed by atoms with Gasteiger partial charge in [0.1, 0.15) is 0 Å². The molecule has 2 atom stereocenters. The molecular formula is C26H50. The molecule has 0 aliphatic heterocycles. The molecule has 0 N–H and O–H groups in total. The van der Waals surface area contributed by atoms with Gasteiger partial charge in [0.05, 0.1) is 0 Å². The summed E-state index contributed by atoms with van der Waals surface area (Å²) in [5.41, 5.74) is 0. The lowest BCUT2D eigenvalue weighted by Gasteiger charge is -2.38. The number of rotatable bonds is 13. The molecule has 0 saturated heterocycles. The first-order chi connectivity index (χ1) is 12.8. The van der Waals surface area contributed by atoms with Crippen molar-refractivity contribution < 1.29 is 0 Å². The molecule has 2 fully saturated rings. The average Bonchev–Trinajstić information content (AvgIpc) is 2.68. The first-order valence-corrected chi connectivity index (χ1v) is 12.8. The highest BCUT2D eigenvalue weighted by atomic mass is 14.4. The summed E-state index contributed by atoms with van der Waals surface area (Å²) in [4.78, 5) is 0. The van der Waals surface area contributed by atoms with Crippen LogP contribution in [-0.4, -0.2) is 0 Å². The number of hydrogen-bond donors (Lipinski definition) is 0. The van der Waals surface area contributed by atoms with Gasteiger partial charge in [-0.1, -0.05) is 123 Å². The van der Waals surface area contributed by atoms with Crippen molar-refractivity contribution in [1.82, 2.24) is 0 Å². The number of hydrogen-bond acceptors (Lipinski definition) is 0. The fourth-order valence-electron chi connectivity index (χ4n) is 6.04. The van der Waals surface area contributed by atoms with Crippen LogP contribution >= 0.6 is 0 Å². The van der Waals surface area contributed by atoms with E-state index in [1.165, 1.54) is 64.2 Å². The Bertz CT molecular complexity index is 312. The third-order valence-corrected chi connectivity index (χ3v) is 7.81. The van der Waals surface area contributed by atoms with E-state index in [1.54, 1.807) is 64.2 Å². The third-order valence-electron chi connectivity index (χ3n) is 7.81. The van der Waals surface area contributed by atoms with E-state index in [0.29, 0.717) is 0 Å². The van der Waals surface area contributed by atoms with Gasteiger partial charge in [-0.25, -0.2) is 0 Å². The van der Waals surface area contributed by atoms with Crippen molar-refractivity contribution in [3.63, 3.8) is 0 Å². The Kier molecular flexibility index (Phi) is 12.1. The van der Waals surface area contributed by atoms with Gasteiger partial charge in [-0.2, -0.15) is 0 Å². The fraction of sp³-hybridized carbons (Fsp3) is 1.00. The van der Waals surface area contributed by atoms with Crippen LogP contribution in [0.1, 0.15) is 142 Å². The Morgan fingerprint density at radius 3 is 1.69 bits per heavy atom. The molecule has 2 unspecified atom stereocenters. The van der Waals surface area contributed by atoms with Crippen LogP contribution in [0.25, 0.3) is 0 Å². The molecule has 2 aliphatic rings. The van der Waals surface area contributed by atoms with Crippen LogP contribution in [0.15, 0.2) is 0 Å². The Morgan fingerprint density at radius 1 is 0.500 bits per heavy atom. The zero-order valence-electron chi connectivity index (χ0n) is 18.5. The largest absolute Gasteiger partial charge is 0.0654 e. The minimum atomic E-state index is 1.09. The zero-order chi connectivity index (χ0) is 18.5. The molecule has 2 aliphatic carbocycles. The summed E-state index contributed by atoms with van der Waals surface area (Å²) in [6.45, 7) is 4.65. The van der Waals surface area contributed by atoms with Gasteiger partial charge in [0.25, 0.3) is 0 Å². The first kappa shape index (κ1) is 22.3. The molecule has 26 heavy (non-hydrogen) atoms. The highest BCUT2D eigenvalue weighted by molar-refractivity contribution is 4.82. The average molecular weight is 363 g/mol. The second-order valence-electron chi connectivity index (χ2n) is 9.98. The van der Waals surface area contributed by atoms with E-state index in [4.69, 9.17) is 0 Å². The first-order valence-electron chi connectivity index (χ1n) is 12.8. The van der Waals surface area contributed by atoms with Crippen LogP contribution < -0.4 is 0 Å². The third kappa shape index (κ3) is 8.79. The second-order valence-corrected chi connectivity index (χ2v) is 9.98. The van der Waals surface area contributed by atoms with E-state index in [0.717, 1.165) is 23.7 Å². The highest BCUT2D eigenvalue weighted by Gasteiger charge is 2.31. The van der Waals surface area contributed by atoms with Gasteiger partial charge < -0.3 is 0 Å². The van der Waals surface area contributed by atoms with Crippen LogP contribution in [0.4, 0.5) is 0 Å². The Labute approximate surface area is 166 Å². The topological polar surface area (TPSA) is 0 Å². The van der Waals surface area contributed by atoms with Crippen LogP contribution in [0.3, 0.4) is 0 Å². The lowest BCUT2D eigenvalue weighted by molar-refractivity contribution is 0.132. The lowest BCUT2D eigenvalue weighted by atomic mass is 9.67. The molecule has 154 valence electrons. The molecule has 0 aromatic rings. The van der Waals surface area contributed by atoms with Gasteiger partial charge in [-0.3, -0.25) is 0 Å². The molecule has 0 bridgehead atoms. The van der Waals surface area contributed by atoms with Crippen molar-refractivity contribution in [2.24, 2.45) is 23.7 Å². The Balaban J connectivity index is 1.56. The van der Waals surface area contributed by atoms with Gasteiger partial charge in [0.15, 0.2) is 0 Å². The summed E-state index contributed by atoms with van der Waals surface area (Å²) in [6.07, 6.45) is 30.3. The normalized spacial score (nSPS) is 29.8. The number of unbranched alkanes of at least 4 members (excludes halogenated alkanes) is 8. The maximum atomic E-state index is 2.33. The molecular weight excluding hydrogens is 312 g/mol. The molecule has 0 amide bonds. The van der Waals surface area contributed by atoms with Gasteiger partial charge in [-0.15, -0.1) is 0 Å². The van der Waals surface area contributed by atoms with Crippen LogP contribution in [-0.2, 0) is 0 Å². The minimum absolute atomic E-state index is 1.09. The lowest BCUT2D eigenvalue weighted by Crippen LogP contribution is -2.26. The second kappa shape index (κ2) is 14.1. The fourth-order valence-corrected chi connectivity index (χ4v) is 6.04. The van der Waals surface area contributed by atoms with Gasteiger partial charge in [0.2, 0.25) is 0 Å². The molecule has 0 heterocycles. The molecule has 0 spiro atoms. The monoisotopic (exact) mass is 362 g/mol. The van der Waals surface area contributed by atoms with Gasteiger partial charge in [-0.05, 0) is 42.9 Å². The molecule has 0 heteroatoms.